The Morgan fingerprint density at radius 1 is 1.36 bits per heavy atom. The van der Waals surface area contributed by atoms with Crippen LogP contribution in [0, 0.1) is 0 Å². The highest BCUT2D eigenvalue weighted by molar-refractivity contribution is 8.60. The molecule has 5 rings (SSSR count). The number of nitrogens with zero attached hydrogens (tertiary/aromatic N) is 6. The number of alkyl halides is 1. The quantitative estimate of drug-likeness (QED) is 0.0701. The highest BCUT2D eigenvalue weighted by Gasteiger charge is 2.43. The maximum atomic E-state index is 12.2. The Morgan fingerprint density at radius 3 is 2.89 bits per heavy atom. The van der Waals surface area contributed by atoms with Crippen LogP contribution < -0.4 is 16.6 Å². The van der Waals surface area contributed by atoms with Gasteiger partial charge in [0.15, 0.2) is 11.2 Å². The number of thiol groups is 2. The average Bonchev–Trinajstić information content (AvgIpc) is 3.67. The van der Waals surface area contributed by atoms with Gasteiger partial charge < -0.3 is 34.0 Å². The van der Waals surface area contributed by atoms with Crippen molar-refractivity contribution in [3.8, 4) is 0 Å². The fourth-order valence-corrected chi connectivity index (χ4v) is 7.99. The molecule has 4 aromatic rings. The van der Waals surface area contributed by atoms with E-state index in [2.05, 4.69) is 54.7 Å². The van der Waals surface area contributed by atoms with E-state index in [1.165, 1.54) is 12.7 Å². The summed E-state index contributed by atoms with van der Waals surface area (Å²) in [6.07, 6.45) is 3.98. The number of halogens is 1. The number of nitrogens with one attached hydrogen (secondary N) is 2. The smallest absolute Gasteiger partial charge is 0.372 e. The Hall–Kier alpha value is -1.85. The topological polar surface area (TPSA) is 186 Å². The van der Waals surface area contributed by atoms with Crippen LogP contribution in [-0.4, -0.2) is 71.4 Å². The number of hydrogen-bond acceptors (Lipinski definition) is 13. The van der Waals surface area contributed by atoms with E-state index in [-0.39, 0.29) is 30.0 Å². The molecule has 1 saturated heterocycles. The molecule has 0 bridgehead atoms. The largest absolute Gasteiger partial charge is 0.582 e. The van der Waals surface area contributed by atoms with Gasteiger partial charge in [0.2, 0.25) is 11.6 Å². The number of nitrogens with two attached hydrogens (primary N) is 1. The molecule has 4 N–H and O–H groups in total. The molecule has 5 heterocycles. The molecule has 1 aliphatic heterocycles. The highest BCUT2D eigenvalue weighted by Crippen LogP contribution is 2.56. The molecule has 0 amide bonds. The van der Waals surface area contributed by atoms with Crippen molar-refractivity contribution < 1.29 is 22.9 Å². The molecule has 1 aliphatic rings. The van der Waals surface area contributed by atoms with Gasteiger partial charge >= 0.3 is 7.23 Å². The van der Waals surface area contributed by atoms with E-state index in [9.17, 15) is 9.36 Å². The zero-order valence-electron chi connectivity index (χ0n) is 23.5. The van der Waals surface area contributed by atoms with Crippen molar-refractivity contribution in [3.63, 3.8) is 0 Å². The second-order valence-electron chi connectivity index (χ2n) is 10.0. The van der Waals surface area contributed by atoms with Gasteiger partial charge in [0.25, 0.3) is 5.56 Å². The molecule has 7 unspecified atom stereocenters. The Labute approximate surface area is 273 Å². The van der Waals surface area contributed by atoms with Gasteiger partial charge in [0.1, 0.15) is 48.5 Å². The first-order valence-corrected chi connectivity index (χ1v) is 20.0. The minimum absolute atomic E-state index is 0.0313. The minimum Gasteiger partial charge on any atom is -0.372 e. The normalized spacial score (nSPS) is 21.8. The summed E-state index contributed by atoms with van der Waals surface area (Å²) in [7, 11) is -0.449. The molecular weight excluding hydrogens is 692 g/mol. The molecule has 44 heavy (non-hydrogen) atoms. The van der Waals surface area contributed by atoms with E-state index in [0.717, 1.165) is 5.39 Å². The molecule has 21 heteroatoms. The Balaban J connectivity index is 1.30. The van der Waals surface area contributed by atoms with Gasteiger partial charge in [-0.1, -0.05) is 12.2 Å². The summed E-state index contributed by atoms with van der Waals surface area (Å²) in [6, 6.07) is 1.88. The monoisotopic (exact) mass is 722 g/mol. The summed E-state index contributed by atoms with van der Waals surface area (Å²) in [5.41, 5.74) is 3.25. The number of anilines is 2. The number of imidazole rings is 1. The second kappa shape index (κ2) is 14.3. The molecule has 238 valence electrons. The van der Waals surface area contributed by atoms with Gasteiger partial charge in [-0.25, -0.2) is 15.0 Å². The van der Waals surface area contributed by atoms with E-state index >= 15 is 0 Å². The lowest BCUT2D eigenvalue weighted by atomic mass is 10.1. The van der Waals surface area contributed by atoms with Gasteiger partial charge in [-0.3, -0.25) is 9.78 Å². The van der Waals surface area contributed by atoms with E-state index < -0.39 is 43.0 Å². The maximum Gasteiger partial charge on any atom is 0.582 e. The van der Waals surface area contributed by atoms with Crippen LogP contribution in [0.5, 0.6) is 0 Å². The Kier molecular flexibility index (Phi) is 10.9. The van der Waals surface area contributed by atoms with Crippen molar-refractivity contribution in [1.29, 1.82) is 0 Å². The standard InChI is InChI=1S/C23H30ClN9O6P2S3/c1-12(24)3-4-13(8-32-11-29-18-21(32)30-23(25)31-22(18)34)39-41(43,44)36-9-16-15(38-40(35)42)7-17(37-16)33-6-5-14-19(26-2)27-10-28-20(14)33/h5-6,10-13,15-17H,3-4,7-9H2,1-2H3,(H5-,25,26,27,28,30,31,34,35,42,43,44)/p+1. The molecule has 0 spiro atoms. The van der Waals surface area contributed by atoms with Crippen molar-refractivity contribution in [2.75, 3.05) is 24.7 Å². The second-order valence-corrected chi connectivity index (χ2v) is 17.7. The molecular formula is C23H31ClN9O6P2S3+. The van der Waals surface area contributed by atoms with Crippen molar-refractivity contribution >= 4 is 94.8 Å². The number of nitrogen functional groups attached to an aromatic ring is 1. The lowest BCUT2D eigenvalue weighted by Crippen LogP contribution is -2.27. The maximum absolute atomic E-state index is 12.2. The average molecular weight is 723 g/mol. The third kappa shape index (κ3) is 7.92. The number of H-pyrrole nitrogens is 1. The van der Waals surface area contributed by atoms with Crippen LogP contribution in [0.4, 0.5) is 11.8 Å². The summed E-state index contributed by atoms with van der Waals surface area (Å²) in [4.78, 5) is 31.7. The van der Waals surface area contributed by atoms with Gasteiger partial charge in [0, 0.05) is 25.0 Å². The fraction of sp³-hybridized carbons (Fsp3) is 0.522. The highest BCUT2D eigenvalue weighted by atomic mass is 35.5. The molecule has 15 nitrogen and oxygen atoms in total. The van der Waals surface area contributed by atoms with Gasteiger partial charge in [-0.2, -0.15) is 4.98 Å². The molecule has 4 aromatic heterocycles. The molecule has 0 aliphatic carbocycles. The van der Waals surface area contributed by atoms with Crippen LogP contribution in [0.1, 0.15) is 32.4 Å². The first kappa shape index (κ1) is 33.5. The summed E-state index contributed by atoms with van der Waals surface area (Å²) < 4.78 is 39.7. The lowest BCUT2D eigenvalue weighted by Gasteiger charge is -2.26. The number of ether oxygens (including phenoxy) is 1. The van der Waals surface area contributed by atoms with Crippen LogP contribution in [0.2, 0.25) is 0 Å². The summed E-state index contributed by atoms with van der Waals surface area (Å²) >= 11 is 20.4. The fourth-order valence-electron chi connectivity index (χ4n) is 4.95. The predicted octanol–water partition coefficient (Wildman–Crippen LogP) is 4.41. The molecule has 0 saturated carbocycles. The van der Waals surface area contributed by atoms with Gasteiger partial charge in [0.05, 0.1) is 31.0 Å². The number of fused-ring (bicyclic) bond motifs is 2. The summed E-state index contributed by atoms with van der Waals surface area (Å²) in [5, 5.41) is 3.74. The molecule has 0 radical (unpaired) electrons. The third-order valence-corrected chi connectivity index (χ3v) is 10.1. The number of aromatic nitrogens is 7. The van der Waals surface area contributed by atoms with Crippen LogP contribution in [-0.2, 0) is 41.2 Å². The van der Waals surface area contributed by atoms with Gasteiger partial charge in [-0.15, -0.1) is 16.1 Å². The van der Waals surface area contributed by atoms with Crippen molar-refractivity contribution in [1.82, 2.24) is 34.1 Å². The van der Waals surface area contributed by atoms with Crippen molar-refractivity contribution in [2.45, 2.75) is 62.6 Å². The van der Waals surface area contributed by atoms with Crippen molar-refractivity contribution in [2.24, 2.45) is 0 Å². The van der Waals surface area contributed by atoms with Crippen LogP contribution in [0.15, 0.2) is 29.7 Å². The van der Waals surface area contributed by atoms with Crippen LogP contribution >= 0.6 is 49.0 Å². The van der Waals surface area contributed by atoms with E-state index in [1.807, 2.05) is 23.8 Å². The Bertz CT molecular complexity index is 1760. The zero-order valence-corrected chi connectivity index (χ0v) is 28.7. The minimum atomic E-state index is -3.17. The van der Waals surface area contributed by atoms with Gasteiger partial charge in [-0.05, 0) is 42.2 Å². The first-order chi connectivity index (χ1) is 20.9. The van der Waals surface area contributed by atoms with E-state index in [4.69, 9.17) is 47.4 Å². The van der Waals surface area contributed by atoms with E-state index in [1.54, 1.807) is 11.6 Å². The molecule has 0 aromatic carbocycles. The van der Waals surface area contributed by atoms with Crippen LogP contribution in [0.3, 0.4) is 0 Å². The SMILES string of the molecule is CNc1ncnc2c1ccn2C1CC(O[P+](=O)S)C(COP(=S)(S)OC(CCC(C)Cl)Cn2cnc3c(=O)[nH]c(N)nc32)O1. The molecule has 1 fully saturated rings. The first-order valence-electron chi connectivity index (χ1n) is 13.4. The van der Waals surface area contributed by atoms with E-state index in [0.29, 0.717) is 36.4 Å². The third-order valence-electron chi connectivity index (χ3n) is 6.93. The number of rotatable bonds is 14. The molecule has 7 atom stereocenters. The lowest BCUT2D eigenvalue weighted by molar-refractivity contribution is -0.0333. The number of aromatic amines is 1. The van der Waals surface area contributed by atoms with Crippen molar-refractivity contribution in [3.05, 3.63) is 35.3 Å². The summed E-state index contributed by atoms with van der Waals surface area (Å²) in [6.45, 7) is 2.07. The Morgan fingerprint density at radius 2 is 2.16 bits per heavy atom. The predicted molar refractivity (Wildman–Crippen MR) is 178 cm³/mol. The van der Waals surface area contributed by atoms with Crippen LogP contribution in [0.25, 0.3) is 22.2 Å². The summed E-state index contributed by atoms with van der Waals surface area (Å²) in [5.74, 6) is 0.648. The zero-order chi connectivity index (χ0) is 31.6. The number of hydrogen-bond donors (Lipinski definition) is 5.